The molecular weight excluding hydrogens is 1290 g/mol. The Labute approximate surface area is 586 Å². The first-order valence-electron chi connectivity index (χ1n) is 34.0. The van der Waals surface area contributed by atoms with Crippen LogP contribution in [-0.4, -0.2) is 170 Å². The van der Waals surface area contributed by atoms with E-state index in [0.29, 0.717) is 43.2 Å². The summed E-state index contributed by atoms with van der Waals surface area (Å²) in [6.07, 6.45) is 8.80. The average molecular weight is 1400 g/mol. The van der Waals surface area contributed by atoms with Crippen molar-refractivity contribution in [1.29, 1.82) is 0 Å². The topological polar surface area (TPSA) is 433 Å². The van der Waals surface area contributed by atoms with Crippen LogP contribution in [0.3, 0.4) is 0 Å². The number of carbonyl (C=O) groups is 14. The maximum Gasteiger partial charge on any atom is 0.303 e. The van der Waals surface area contributed by atoms with Crippen LogP contribution in [0.1, 0.15) is 184 Å². The number of H-pyrrole nitrogens is 1. The number of carbonyl (C=O) groups excluding carboxylic acids is 13. The fourth-order valence-electron chi connectivity index (χ4n) is 11.8. The fourth-order valence-corrected chi connectivity index (χ4v) is 11.8. The predicted molar refractivity (Wildman–Crippen MR) is 376 cm³/mol. The maximum absolute atomic E-state index is 15.0. The van der Waals surface area contributed by atoms with E-state index >= 15 is 0 Å². The van der Waals surface area contributed by atoms with Gasteiger partial charge in [-0.2, -0.15) is 0 Å². The van der Waals surface area contributed by atoms with Crippen LogP contribution in [0.15, 0.2) is 66.9 Å². The number of para-hydroxylation sites is 1. The number of allylic oxidation sites excluding steroid dienone is 2. The number of carboxylic acid groups (broad SMARTS) is 1. The number of benzene rings is 2. The summed E-state index contributed by atoms with van der Waals surface area (Å²) in [5.41, 5.74) is 6.72. The fraction of sp³-hybridized carbons (Fsp3) is 0.583. The number of hydrogen-bond donors (Lipinski definition) is 13. The molecule has 0 saturated carbocycles. The Hall–Kier alpha value is -9.18. The number of amides is 9. The number of carboxylic acids is 1. The number of likely N-dealkylation sites (N-methyl/N-ethyl adjacent to an activating group) is 1. The van der Waals surface area contributed by atoms with Crippen molar-refractivity contribution in [3.63, 3.8) is 0 Å². The number of primary amides is 1. The van der Waals surface area contributed by atoms with E-state index in [-0.39, 0.29) is 89.2 Å². The van der Waals surface area contributed by atoms with Gasteiger partial charge in [-0.25, -0.2) is 10.4 Å². The Morgan fingerprint density at radius 2 is 1.22 bits per heavy atom. The van der Waals surface area contributed by atoms with Crippen LogP contribution < -0.4 is 53.7 Å². The highest BCUT2D eigenvalue weighted by Gasteiger charge is 2.41. The highest BCUT2D eigenvalue weighted by Crippen LogP contribution is 2.31. The number of nitrogens with two attached hydrogens (primary N) is 1. The SMILES string of the molecule is C.CC(=O)C[C@]1(C)CCCCCC/C=C/CCC[C@@](C)(C(=O)NC(C)C(=O)N[C@@H](C)C(=O)NC(C)C(=O)N[C@@H](C)C(=O)C(=O)[C@H](C)NN(C)CC(N)=O)NC(=O)[C@H](CC(C)C)CCC(=O)[C@H](Cc2c[nH]c3ccccc23)NC(=O)C(Cc2ccc(O)cc2)NC(=O)[C@H](CCC(=O)O)NC1=O. The summed E-state index contributed by atoms with van der Waals surface area (Å²) >= 11 is 0. The number of rotatable bonds is 26. The second kappa shape index (κ2) is 40.8. The van der Waals surface area contributed by atoms with E-state index in [9.17, 15) is 77.3 Å². The van der Waals surface area contributed by atoms with Crippen molar-refractivity contribution in [2.24, 2.45) is 23.0 Å². The number of phenolic OH excluding ortho intramolecular Hbond substituents is 1. The highest BCUT2D eigenvalue weighted by atomic mass is 16.4. The summed E-state index contributed by atoms with van der Waals surface area (Å²) in [5, 5.41) is 43.3. The third-order valence-corrected chi connectivity index (χ3v) is 17.5. The van der Waals surface area contributed by atoms with Gasteiger partial charge in [0.05, 0.1) is 30.1 Å². The van der Waals surface area contributed by atoms with Crippen molar-refractivity contribution >= 4 is 93.2 Å². The highest BCUT2D eigenvalue weighted by molar-refractivity contribution is 6.41. The Kier molecular flexibility index (Phi) is 34.7. The van der Waals surface area contributed by atoms with Gasteiger partial charge in [-0.1, -0.05) is 89.9 Å². The van der Waals surface area contributed by atoms with Crippen molar-refractivity contribution in [2.75, 3.05) is 13.6 Å². The minimum atomic E-state index is -1.67. The summed E-state index contributed by atoms with van der Waals surface area (Å²) in [6.45, 7) is 14.7. The van der Waals surface area contributed by atoms with Crippen LogP contribution in [0.2, 0.25) is 0 Å². The van der Waals surface area contributed by atoms with E-state index in [1.165, 1.54) is 84.8 Å². The van der Waals surface area contributed by atoms with Crippen LogP contribution in [-0.2, 0) is 80.0 Å². The molecule has 0 aliphatic carbocycles. The van der Waals surface area contributed by atoms with Crippen molar-refractivity contribution in [2.45, 2.75) is 240 Å². The van der Waals surface area contributed by atoms with Crippen molar-refractivity contribution in [1.82, 2.24) is 58.0 Å². The zero-order valence-electron chi connectivity index (χ0n) is 59.0. The van der Waals surface area contributed by atoms with Gasteiger partial charge >= 0.3 is 5.97 Å². The largest absolute Gasteiger partial charge is 0.508 e. The minimum absolute atomic E-state index is 0. The molecule has 3 aromatic rings. The van der Waals surface area contributed by atoms with Gasteiger partial charge in [0.25, 0.3) is 0 Å². The number of aromatic amines is 1. The third-order valence-electron chi connectivity index (χ3n) is 17.5. The monoisotopic (exact) mass is 1400 g/mol. The van der Waals surface area contributed by atoms with Crippen molar-refractivity contribution < 1.29 is 77.3 Å². The molecule has 28 heteroatoms. The third kappa shape index (κ3) is 27.9. The van der Waals surface area contributed by atoms with Crippen molar-refractivity contribution in [3.8, 4) is 5.75 Å². The molecule has 0 saturated heterocycles. The van der Waals surface area contributed by atoms with Crippen LogP contribution in [0.4, 0.5) is 0 Å². The quantitative estimate of drug-likeness (QED) is 0.0306. The van der Waals surface area contributed by atoms with Gasteiger partial charge in [0, 0.05) is 62.2 Å². The van der Waals surface area contributed by atoms with Crippen LogP contribution >= 0.6 is 0 Å². The lowest BCUT2D eigenvalue weighted by atomic mass is 9.79. The lowest BCUT2D eigenvalue weighted by Crippen LogP contribution is -2.61. The molecule has 14 N–H and O–H groups in total. The van der Waals surface area contributed by atoms with E-state index in [4.69, 9.17) is 5.73 Å². The Balaban J connectivity index is 0.0000260. The molecular formula is C72H108N12O16. The van der Waals surface area contributed by atoms with Crippen molar-refractivity contribution in [3.05, 3.63) is 78.0 Å². The first-order valence-corrected chi connectivity index (χ1v) is 34.0. The molecule has 3 unspecified atom stereocenters. The van der Waals surface area contributed by atoms with Gasteiger partial charge in [0.15, 0.2) is 5.78 Å². The molecule has 28 nitrogen and oxygen atoms in total. The second-order valence-electron chi connectivity index (χ2n) is 27.2. The Bertz CT molecular complexity index is 3390. The smallest absolute Gasteiger partial charge is 0.303 e. The number of aliphatic carboxylic acids is 1. The summed E-state index contributed by atoms with van der Waals surface area (Å²) in [5.74, 6) is -11.8. The van der Waals surface area contributed by atoms with E-state index in [1.54, 1.807) is 13.1 Å². The maximum atomic E-state index is 15.0. The normalized spacial score (nSPS) is 22.4. The number of hydrogen-bond acceptors (Lipinski definition) is 17. The van der Waals surface area contributed by atoms with Gasteiger partial charge in [-0.15, -0.1) is 0 Å². The number of hydrazine groups is 1. The Morgan fingerprint density at radius 1 is 0.660 bits per heavy atom. The van der Waals surface area contributed by atoms with Crippen LogP contribution in [0, 0.1) is 17.3 Å². The first-order chi connectivity index (χ1) is 46.5. The molecule has 0 spiro atoms. The molecule has 100 heavy (non-hydrogen) atoms. The van der Waals surface area contributed by atoms with Gasteiger partial charge in [0.1, 0.15) is 47.3 Å². The molecule has 0 fully saturated rings. The summed E-state index contributed by atoms with van der Waals surface area (Å²) in [6, 6.07) is 2.66. The lowest BCUT2D eigenvalue weighted by molar-refractivity contribution is -0.140. The van der Waals surface area contributed by atoms with Gasteiger partial charge in [-0.3, -0.25) is 67.1 Å². The van der Waals surface area contributed by atoms with Gasteiger partial charge in [0.2, 0.25) is 64.7 Å². The summed E-state index contributed by atoms with van der Waals surface area (Å²) in [4.78, 5) is 194. The minimum Gasteiger partial charge on any atom is -0.508 e. The molecule has 2 aromatic carbocycles. The molecule has 2 heterocycles. The average Bonchev–Trinajstić information content (AvgIpc) is 1.50. The number of nitrogens with zero attached hydrogens (tertiary/aromatic N) is 1. The number of ketones is 4. The van der Waals surface area contributed by atoms with Gasteiger partial charge in [-0.05, 0) is 141 Å². The lowest BCUT2D eigenvalue weighted by Gasteiger charge is -2.33. The number of Topliss-reactive ketones (excluding diaryl/α,β-unsaturated/α-hetero) is 4. The standard InChI is InChI=1S/C71H104N12O16.CH4/c1-41(2)35-49-27-31-57(86)55(37-50-39-73-53-24-20-19-23-52(50)53)78-67(97)56(36-48-25-28-51(85)29-26-48)79-66(96)54(30-32-59(88)89)80-68(98)70(9,38-42(3)84)33-21-17-15-13-12-14-16-18-22-34-71(10,81-65(49)95)69(99)77-47(8)64(94)76-46(7)63(93)75-45(6)62(92)74-43(4)60(90)61(91)44(5)82-83(11)40-58(72)87;/h14,16,19-20,23-26,28-29,39,41,43-47,49,54-56,73,82,85H,12-13,15,17-18,21-22,27,30-38,40H2,1-11H3,(H2,72,87)(H,74,92)(H,75,93)(H,76,94)(H,77,99)(H,78,97)(H,79,96)(H,80,98)(H,81,95)(H,88,89);1H4/b16-14+;/t43-,44-,45?,46-,47?,49-,54-,55-,56?,70-,71-;/m0./s1. The van der Waals surface area contributed by atoms with E-state index in [1.807, 2.05) is 50.3 Å². The number of aromatic hydroxyl groups is 1. The predicted octanol–water partition coefficient (Wildman–Crippen LogP) is 4.03. The number of aromatic nitrogens is 1. The van der Waals surface area contributed by atoms with Crippen LogP contribution in [0.25, 0.3) is 10.9 Å². The summed E-state index contributed by atoms with van der Waals surface area (Å²) < 4.78 is 0. The molecule has 9 amide bonds. The molecule has 11 atom stereocenters. The summed E-state index contributed by atoms with van der Waals surface area (Å²) in [7, 11) is 1.44. The number of phenols is 1. The van der Waals surface area contributed by atoms with E-state index in [2.05, 4.69) is 52.9 Å². The van der Waals surface area contributed by atoms with E-state index < -0.39 is 148 Å². The molecule has 0 bridgehead atoms. The van der Waals surface area contributed by atoms with Crippen LogP contribution in [0.5, 0.6) is 5.75 Å². The zero-order chi connectivity index (χ0) is 73.9. The zero-order valence-corrected chi connectivity index (χ0v) is 59.0. The number of fused-ring (bicyclic) bond motifs is 1. The van der Waals surface area contributed by atoms with Gasteiger partial charge < -0.3 is 63.5 Å². The molecule has 1 aromatic heterocycles. The molecule has 552 valence electrons. The molecule has 1 aliphatic heterocycles. The first kappa shape index (κ1) is 85.0. The number of nitrogens with one attached hydrogen (secondary N) is 10. The van der Waals surface area contributed by atoms with E-state index in [0.717, 1.165) is 23.7 Å². The Morgan fingerprint density at radius 3 is 1.82 bits per heavy atom. The second-order valence-corrected chi connectivity index (χ2v) is 27.2. The molecule has 4 rings (SSSR count). The molecule has 1 aliphatic rings. The molecule has 0 radical (unpaired) electrons.